The highest BCUT2D eigenvalue weighted by Gasteiger charge is 2.41. The highest BCUT2D eigenvalue weighted by Crippen LogP contribution is 2.45. The number of nitrogens with zero attached hydrogens (tertiary/aromatic N) is 3. The van der Waals surface area contributed by atoms with Gasteiger partial charge in [0, 0.05) is 55.0 Å². The number of carboxylic acids is 1. The van der Waals surface area contributed by atoms with Crippen molar-refractivity contribution in [2.75, 3.05) is 44.0 Å². The van der Waals surface area contributed by atoms with E-state index in [1.807, 2.05) is 88.2 Å². The number of nitrogens with one attached hydrogen (secondary N) is 7. The minimum Gasteiger partial charge on any atom is -0.481 e. The zero-order valence-corrected chi connectivity index (χ0v) is 61.9. The van der Waals surface area contributed by atoms with Gasteiger partial charge in [-0.2, -0.15) is 0 Å². The Morgan fingerprint density at radius 3 is 2.02 bits per heavy atom. The average Bonchev–Trinajstić information content (AvgIpc) is 1.61. The number of carbonyl (C=O) groups excluding carboxylic acids is 9. The summed E-state index contributed by atoms with van der Waals surface area (Å²) in [6, 6.07) is 23.2. The lowest BCUT2D eigenvalue weighted by molar-refractivity contribution is -0.213. The minimum atomic E-state index is -1.29. The van der Waals surface area contributed by atoms with E-state index in [1.54, 1.807) is 76.2 Å². The van der Waals surface area contributed by atoms with Crippen molar-refractivity contribution in [2.45, 2.75) is 188 Å². The first-order valence-corrected chi connectivity index (χ1v) is 36.4. The number of esters is 1. The number of terminal acetylenes is 1. The molecule has 1 aromatic heterocycles. The van der Waals surface area contributed by atoms with E-state index in [4.69, 9.17) is 31.2 Å². The van der Waals surface area contributed by atoms with Gasteiger partial charge in [-0.25, -0.2) is 24.4 Å². The maximum atomic E-state index is 14.9. The molecule has 1 aliphatic heterocycles. The van der Waals surface area contributed by atoms with Crippen molar-refractivity contribution in [1.82, 2.24) is 41.5 Å². The Hall–Kier alpha value is -9.91. The fourth-order valence-corrected chi connectivity index (χ4v) is 13.5. The predicted octanol–water partition coefficient (Wildman–Crippen LogP) is 10.4. The van der Waals surface area contributed by atoms with Crippen LogP contribution in [0.4, 0.5) is 25.8 Å². The summed E-state index contributed by atoms with van der Waals surface area (Å²) < 4.78 is 17.2. The number of benzene rings is 4. The molecule has 5 aromatic rings. The fraction of sp³-hybridized carbons (Fsp3) is 0.494. The van der Waals surface area contributed by atoms with E-state index in [1.165, 1.54) is 17.4 Å². The average molecular weight is 1450 g/mol. The molecule has 0 spiro atoms. The molecule has 27 heteroatoms. The fourth-order valence-electron chi connectivity index (χ4n) is 12.6. The highest BCUT2D eigenvalue weighted by molar-refractivity contribution is 7.09. The molecule has 1 fully saturated rings. The van der Waals surface area contributed by atoms with Crippen molar-refractivity contribution in [3.63, 3.8) is 0 Å². The van der Waals surface area contributed by atoms with E-state index in [0.717, 1.165) is 53.0 Å². The molecule has 4 unspecified atom stereocenters. The number of anilines is 2. The van der Waals surface area contributed by atoms with Gasteiger partial charge in [0.25, 0.3) is 11.8 Å². The topological polar surface area (TPSA) is 357 Å². The Bertz CT molecular complexity index is 3770. The molecule has 1 aliphatic carbocycles. The van der Waals surface area contributed by atoms with Gasteiger partial charge in [0.05, 0.1) is 24.1 Å². The molecule has 4 aromatic carbocycles. The molecule has 2 aliphatic rings. The Kier molecular flexibility index (Phi) is 30.6. The molecule has 0 saturated carbocycles. The lowest BCUT2D eigenvalue weighted by Gasteiger charge is -2.39. The van der Waals surface area contributed by atoms with Gasteiger partial charge in [-0.1, -0.05) is 127 Å². The lowest BCUT2D eigenvalue weighted by atomic mass is 9.84. The predicted molar refractivity (Wildman–Crippen MR) is 394 cm³/mol. The number of nitrogens with two attached hydrogens (primary N) is 1. The number of fused-ring (bicyclic) bond motifs is 3. The second-order valence-corrected chi connectivity index (χ2v) is 28.8. The normalized spacial score (nSPS) is 15.5. The van der Waals surface area contributed by atoms with Crippen LogP contribution in [0.3, 0.4) is 0 Å². The third kappa shape index (κ3) is 23.6. The van der Waals surface area contributed by atoms with Gasteiger partial charge in [0.15, 0.2) is 6.10 Å². The summed E-state index contributed by atoms with van der Waals surface area (Å²) in [5, 5.41) is 32.8. The molecular weight excluding hydrogens is 1350 g/mol. The number of alkyl carbamates (subject to hydrolysis) is 1. The van der Waals surface area contributed by atoms with Crippen molar-refractivity contribution < 1.29 is 72.1 Å². The van der Waals surface area contributed by atoms with Crippen LogP contribution >= 0.6 is 11.3 Å². The number of hydroxylamine groups is 2. The molecular formula is C77H101N11O15S. The van der Waals surface area contributed by atoms with Crippen molar-refractivity contribution >= 4 is 82.4 Å². The minimum absolute atomic E-state index is 0.000265. The van der Waals surface area contributed by atoms with Crippen molar-refractivity contribution in [1.29, 1.82) is 0 Å². The van der Waals surface area contributed by atoms with Gasteiger partial charge < -0.3 is 57.0 Å². The zero-order chi connectivity index (χ0) is 75.8. The molecule has 1 saturated heterocycles. The van der Waals surface area contributed by atoms with Gasteiger partial charge in [0.1, 0.15) is 42.0 Å². The largest absolute Gasteiger partial charge is 0.481 e. The maximum absolute atomic E-state index is 14.9. The summed E-state index contributed by atoms with van der Waals surface area (Å²) in [4.78, 5) is 147. The second-order valence-electron chi connectivity index (χ2n) is 27.9. The first kappa shape index (κ1) is 81.4. The van der Waals surface area contributed by atoms with Crippen LogP contribution in [0.2, 0.25) is 0 Å². The van der Waals surface area contributed by atoms with Crippen LogP contribution < -0.4 is 43.0 Å². The van der Waals surface area contributed by atoms with Crippen LogP contribution in [-0.2, 0) is 60.8 Å². The van der Waals surface area contributed by atoms with Crippen LogP contribution in [-0.4, -0.2) is 149 Å². The number of hydrogen-bond acceptors (Lipinski definition) is 17. The van der Waals surface area contributed by atoms with Gasteiger partial charge in [0.2, 0.25) is 17.7 Å². The molecule has 0 radical (unpaired) electrons. The van der Waals surface area contributed by atoms with Crippen LogP contribution in [0.5, 0.6) is 0 Å². The van der Waals surface area contributed by atoms with Gasteiger partial charge in [-0.15, -0.1) is 23.7 Å². The van der Waals surface area contributed by atoms with Crippen LogP contribution in [0.1, 0.15) is 176 Å². The highest BCUT2D eigenvalue weighted by atomic mass is 32.1. The van der Waals surface area contributed by atoms with Crippen molar-refractivity contribution in [3.8, 4) is 23.5 Å². The van der Waals surface area contributed by atoms with Gasteiger partial charge in [-0.05, 0) is 148 Å². The molecule has 2 heterocycles. The number of amides is 9. The van der Waals surface area contributed by atoms with Crippen LogP contribution in [0.25, 0.3) is 11.1 Å². The van der Waals surface area contributed by atoms with E-state index in [2.05, 4.69) is 48.1 Å². The number of primary amides is 1. The number of likely N-dealkylation sites (tertiary alicyclic amines) is 1. The maximum Gasteiger partial charge on any atom is 0.411 e. The van der Waals surface area contributed by atoms with Crippen LogP contribution in [0, 0.1) is 35.5 Å². The summed E-state index contributed by atoms with van der Waals surface area (Å²) in [5.74, 6) is -2.88. The number of likely N-dealkylation sites (N-methyl/N-ethyl adjacent to an activating group) is 1. The Balaban J connectivity index is 0.949. The van der Waals surface area contributed by atoms with Crippen molar-refractivity contribution in [3.05, 3.63) is 135 Å². The standard InChI is InChI=1S/C77H101N11O15S/c1-12-14-21-39-102-88(72(94)66(48(7)13-2)85-69(92)62-28-19-20-38-87(62)11)63(46(3)4)41-64(103-49(8)89)71-84-61(45-104-71)68(91)81-54(42-77(9,10)73(95)96)40-50-29-33-53(34-30-50)82-75(98)100-43-51-31-35-52(36-32-51)80-67(90)60(27-22-37-79-74(78)97)83-70(93)65(47(5)6)86-76(99)101-44-59-57-25-17-15-23-55(57)56-24-16-18-26-58(56)59/h1,15-18,23-26,29-36,45-48,54,59-60,62-66H,13-14,19-22,27-28,37-44H2,2-11H3,(H,80,90)(H,81,91)(H,82,98)(H,83,93)(H,85,92)(H,86,99)(H,95,96)(H3,78,79,97)/t48-,54?,60?,62?,63+,64+,65?,66-/m0/s1. The van der Waals surface area contributed by atoms with E-state index in [9.17, 15) is 53.1 Å². The second kappa shape index (κ2) is 39.1. The number of thiazole rings is 1. The first-order chi connectivity index (χ1) is 49.6. The monoisotopic (exact) mass is 1450 g/mol. The summed E-state index contributed by atoms with van der Waals surface area (Å²) in [7, 11) is 1.90. The molecule has 560 valence electrons. The number of urea groups is 1. The molecule has 7 rings (SSSR count). The number of hydrogen-bond donors (Lipinski definition) is 9. The number of carboxylic acid groups (broad SMARTS) is 1. The van der Waals surface area contributed by atoms with E-state index in [-0.39, 0.29) is 92.8 Å². The summed E-state index contributed by atoms with van der Waals surface area (Å²) in [6.07, 6.45) is 7.35. The van der Waals surface area contributed by atoms with Crippen LogP contribution in [0.15, 0.2) is 102 Å². The number of carbonyl (C=O) groups is 10. The van der Waals surface area contributed by atoms with Gasteiger partial charge in [-0.3, -0.25) is 48.6 Å². The molecule has 26 nitrogen and oxygen atoms in total. The molecule has 10 N–H and O–H groups in total. The number of unbranched alkanes of at least 4 members (excludes halogenated alkanes) is 1. The molecule has 0 bridgehead atoms. The Morgan fingerprint density at radius 1 is 0.779 bits per heavy atom. The number of piperidine rings is 1. The van der Waals surface area contributed by atoms with E-state index in [0.29, 0.717) is 48.2 Å². The summed E-state index contributed by atoms with van der Waals surface area (Å²) in [6.45, 7) is 16.3. The first-order valence-electron chi connectivity index (χ1n) is 35.5. The smallest absolute Gasteiger partial charge is 0.411 e. The summed E-state index contributed by atoms with van der Waals surface area (Å²) >= 11 is 1.07. The third-order valence-electron chi connectivity index (χ3n) is 18.7. The Labute approximate surface area is 612 Å². The van der Waals surface area contributed by atoms with E-state index < -0.39 is 107 Å². The number of aromatic nitrogens is 1. The summed E-state index contributed by atoms with van der Waals surface area (Å²) in [5.41, 5.74) is 10.1. The number of aliphatic carboxylic acids is 1. The number of ether oxygens (including phenoxy) is 3. The molecule has 8 atom stereocenters. The van der Waals surface area contributed by atoms with Crippen molar-refractivity contribution in [2.24, 2.45) is 28.9 Å². The molecule has 104 heavy (non-hydrogen) atoms. The lowest BCUT2D eigenvalue weighted by Crippen LogP contribution is -2.58. The molecule has 9 amide bonds. The van der Waals surface area contributed by atoms with Gasteiger partial charge >= 0.3 is 30.2 Å². The number of rotatable bonds is 37. The Morgan fingerprint density at radius 2 is 1.42 bits per heavy atom. The third-order valence-corrected chi connectivity index (χ3v) is 19.7. The quantitative estimate of drug-likeness (QED) is 0.00586. The SMILES string of the molecule is C#CCCCON(C(=O)[C@@H](NC(=O)C1CCCCN1C)[C@@H](C)CC)[C@H](C[C@@H](OC(C)=O)c1nc(C(=O)NC(Cc2ccc(NC(=O)OCc3ccc(NC(=O)C(CCCNC(N)=O)NC(=O)C(NC(=O)OCC4c5ccccc5-c5ccccc54)C(C)C)cc3)cc2)CC(C)(C)C(=O)O)cs1)C(C)C. The van der Waals surface area contributed by atoms with E-state index >= 15 is 0 Å². The zero-order valence-electron chi connectivity index (χ0n) is 61.0.